The van der Waals surface area contributed by atoms with Crippen LogP contribution in [0.2, 0.25) is 0 Å². The summed E-state index contributed by atoms with van der Waals surface area (Å²) in [5.41, 5.74) is 4.54. The van der Waals surface area contributed by atoms with Crippen molar-refractivity contribution < 1.29 is 15.0 Å². The number of aliphatic hydroxyl groups is 1. The van der Waals surface area contributed by atoms with Gasteiger partial charge < -0.3 is 19.7 Å². The summed E-state index contributed by atoms with van der Waals surface area (Å²) in [6.45, 7) is 3.54. The van der Waals surface area contributed by atoms with Gasteiger partial charge in [-0.2, -0.15) is 0 Å². The number of hydrogen-bond acceptors (Lipinski definition) is 5. The highest BCUT2D eigenvalue weighted by molar-refractivity contribution is 5.75. The second kappa shape index (κ2) is 10.7. The Morgan fingerprint density at radius 3 is 2.89 bits per heavy atom. The molecule has 1 aliphatic carbocycles. The lowest BCUT2D eigenvalue weighted by molar-refractivity contribution is 0.115. The fraction of sp³-hybridized carbons (Fsp3) is 0.519. The van der Waals surface area contributed by atoms with Crippen molar-refractivity contribution in [3.8, 4) is 0 Å². The molecule has 8 nitrogen and oxygen atoms in total. The molecular formula is C27H35N5O3. The largest absolute Gasteiger partial charge is 0.465 e. The number of amides is 1. The molecule has 1 fully saturated rings. The van der Waals surface area contributed by atoms with E-state index in [9.17, 15) is 15.0 Å². The molecule has 35 heavy (non-hydrogen) atoms. The van der Waals surface area contributed by atoms with Crippen LogP contribution in [0.3, 0.4) is 0 Å². The minimum absolute atomic E-state index is 0.155. The summed E-state index contributed by atoms with van der Waals surface area (Å²) in [4.78, 5) is 25.4. The van der Waals surface area contributed by atoms with Crippen LogP contribution in [-0.2, 0) is 19.5 Å². The number of likely N-dealkylation sites (tertiary alicyclic amines) is 1. The molecule has 5 rings (SSSR count). The van der Waals surface area contributed by atoms with Crippen LogP contribution in [0.5, 0.6) is 0 Å². The Bertz CT molecular complexity index is 1160. The van der Waals surface area contributed by atoms with Gasteiger partial charge in [-0.05, 0) is 68.2 Å². The van der Waals surface area contributed by atoms with Gasteiger partial charge in [0, 0.05) is 39.0 Å². The highest BCUT2D eigenvalue weighted by Gasteiger charge is 2.29. The fourth-order valence-corrected chi connectivity index (χ4v) is 5.84. The molecular weight excluding hydrogens is 442 g/mol. The summed E-state index contributed by atoms with van der Waals surface area (Å²) in [5.74, 6) is 1.26. The number of pyridine rings is 1. The van der Waals surface area contributed by atoms with E-state index in [2.05, 4.69) is 27.7 Å². The number of rotatable bonds is 8. The molecule has 1 aromatic carbocycles. The number of benzene rings is 1. The lowest BCUT2D eigenvalue weighted by Crippen LogP contribution is -2.40. The molecule has 3 heterocycles. The molecule has 1 amide bonds. The Morgan fingerprint density at radius 2 is 2.03 bits per heavy atom. The first-order valence-corrected chi connectivity index (χ1v) is 12.8. The maximum Gasteiger partial charge on any atom is 0.407 e. The normalized spacial score (nSPS) is 20.3. The van der Waals surface area contributed by atoms with Gasteiger partial charge in [0.1, 0.15) is 5.82 Å². The van der Waals surface area contributed by atoms with Gasteiger partial charge in [-0.15, -0.1) is 0 Å². The number of aliphatic hydroxyl groups excluding tert-OH is 1. The molecule has 0 unspecified atom stereocenters. The van der Waals surface area contributed by atoms with Crippen molar-refractivity contribution in [2.45, 2.75) is 57.7 Å². The standard InChI is InChI=1S/C27H35N5O3/c33-16-6-15-30(24-12-3-8-21-9-4-13-28-26(21)24)19-25-29-22-10-1-2-11-23(22)32(25)18-20-7-5-14-31(17-20)27(34)35/h1-2,4,9-11,13,20,24,33H,3,5-8,12,14-19H2,(H,34,35)/t20-,24-/m0/s1. The van der Waals surface area contributed by atoms with E-state index in [0.717, 1.165) is 67.7 Å². The highest BCUT2D eigenvalue weighted by atomic mass is 16.4. The topological polar surface area (TPSA) is 94.7 Å². The van der Waals surface area contributed by atoms with Gasteiger partial charge in [0.05, 0.1) is 29.3 Å². The molecule has 0 spiro atoms. The lowest BCUT2D eigenvalue weighted by atomic mass is 9.90. The third-order valence-electron chi connectivity index (χ3n) is 7.52. The number of fused-ring (bicyclic) bond motifs is 2. The molecule has 2 atom stereocenters. The quantitative estimate of drug-likeness (QED) is 0.508. The Kier molecular flexibility index (Phi) is 7.29. The second-order valence-electron chi connectivity index (χ2n) is 9.87. The molecule has 0 saturated carbocycles. The maximum absolute atomic E-state index is 11.6. The summed E-state index contributed by atoms with van der Waals surface area (Å²) in [7, 11) is 0. The fourth-order valence-electron chi connectivity index (χ4n) is 5.84. The van der Waals surface area contributed by atoms with Crippen LogP contribution in [0.1, 0.15) is 55.2 Å². The van der Waals surface area contributed by atoms with Crippen LogP contribution in [0.15, 0.2) is 42.6 Å². The molecule has 186 valence electrons. The van der Waals surface area contributed by atoms with E-state index < -0.39 is 6.09 Å². The van der Waals surface area contributed by atoms with Crippen LogP contribution in [-0.4, -0.2) is 66.9 Å². The third kappa shape index (κ3) is 5.18. The van der Waals surface area contributed by atoms with Gasteiger partial charge in [0.15, 0.2) is 0 Å². The lowest BCUT2D eigenvalue weighted by Gasteiger charge is -2.35. The van der Waals surface area contributed by atoms with Crippen molar-refractivity contribution in [3.63, 3.8) is 0 Å². The Labute approximate surface area is 206 Å². The molecule has 2 aromatic heterocycles. The highest BCUT2D eigenvalue weighted by Crippen LogP contribution is 2.34. The minimum atomic E-state index is -0.830. The van der Waals surface area contributed by atoms with Crippen LogP contribution < -0.4 is 0 Å². The van der Waals surface area contributed by atoms with Crippen molar-refractivity contribution in [2.75, 3.05) is 26.2 Å². The van der Waals surface area contributed by atoms with E-state index in [4.69, 9.17) is 9.97 Å². The van der Waals surface area contributed by atoms with Gasteiger partial charge in [-0.1, -0.05) is 18.2 Å². The monoisotopic (exact) mass is 477 g/mol. The van der Waals surface area contributed by atoms with Gasteiger partial charge in [-0.3, -0.25) is 9.88 Å². The van der Waals surface area contributed by atoms with Crippen molar-refractivity contribution in [3.05, 3.63) is 59.7 Å². The van der Waals surface area contributed by atoms with Crippen LogP contribution in [0.4, 0.5) is 4.79 Å². The van der Waals surface area contributed by atoms with Crippen molar-refractivity contribution in [2.24, 2.45) is 5.92 Å². The number of hydrogen-bond donors (Lipinski definition) is 2. The van der Waals surface area contributed by atoms with E-state index >= 15 is 0 Å². The molecule has 1 aliphatic heterocycles. The van der Waals surface area contributed by atoms with E-state index in [1.165, 1.54) is 5.56 Å². The number of nitrogens with zero attached hydrogens (tertiary/aromatic N) is 5. The van der Waals surface area contributed by atoms with Gasteiger partial charge in [0.2, 0.25) is 0 Å². The van der Waals surface area contributed by atoms with Gasteiger partial charge >= 0.3 is 6.09 Å². The Hall–Kier alpha value is -2.97. The van der Waals surface area contributed by atoms with Crippen molar-refractivity contribution in [1.82, 2.24) is 24.3 Å². The number of aromatic nitrogens is 3. The zero-order valence-corrected chi connectivity index (χ0v) is 20.2. The molecule has 1 saturated heterocycles. The average Bonchev–Trinajstić information content (AvgIpc) is 3.23. The first kappa shape index (κ1) is 23.8. The molecule has 0 bridgehead atoms. The number of imidazole rings is 1. The number of carbonyl (C=O) groups is 1. The Balaban J connectivity index is 1.45. The van der Waals surface area contributed by atoms with Crippen molar-refractivity contribution in [1.29, 1.82) is 0 Å². The summed E-state index contributed by atoms with van der Waals surface area (Å²) in [6, 6.07) is 12.6. The first-order chi connectivity index (χ1) is 17.1. The predicted molar refractivity (Wildman–Crippen MR) is 134 cm³/mol. The van der Waals surface area contributed by atoms with E-state index in [-0.39, 0.29) is 18.6 Å². The third-order valence-corrected chi connectivity index (χ3v) is 7.52. The predicted octanol–water partition coefficient (Wildman–Crippen LogP) is 4.08. The maximum atomic E-state index is 11.6. The summed E-state index contributed by atoms with van der Waals surface area (Å²) < 4.78 is 2.31. The van der Waals surface area contributed by atoms with E-state index in [0.29, 0.717) is 26.1 Å². The van der Waals surface area contributed by atoms with Gasteiger partial charge in [-0.25, -0.2) is 9.78 Å². The van der Waals surface area contributed by atoms with Crippen molar-refractivity contribution >= 4 is 17.1 Å². The summed E-state index contributed by atoms with van der Waals surface area (Å²) in [6.07, 6.45) is 6.91. The van der Waals surface area contributed by atoms with E-state index in [1.54, 1.807) is 4.90 Å². The van der Waals surface area contributed by atoms with Crippen LogP contribution in [0, 0.1) is 5.92 Å². The molecule has 0 radical (unpaired) electrons. The smallest absolute Gasteiger partial charge is 0.407 e. The summed E-state index contributed by atoms with van der Waals surface area (Å²) in [5, 5.41) is 19.1. The average molecular weight is 478 g/mol. The number of piperidine rings is 1. The first-order valence-electron chi connectivity index (χ1n) is 12.8. The van der Waals surface area contributed by atoms with Crippen LogP contribution in [0.25, 0.3) is 11.0 Å². The Morgan fingerprint density at radius 1 is 1.14 bits per heavy atom. The molecule has 2 aliphatic rings. The zero-order chi connectivity index (χ0) is 24.2. The SMILES string of the molecule is O=C(O)N1CCC[C@H](Cn2c(CN(CCCO)[C@H]3CCCc4cccnc43)nc3ccccc32)C1. The summed E-state index contributed by atoms with van der Waals surface area (Å²) >= 11 is 0. The number of carboxylic acid groups (broad SMARTS) is 1. The number of para-hydroxylation sites is 2. The molecule has 3 aromatic rings. The zero-order valence-electron chi connectivity index (χ0n) is 20.2. The minimum Gasteiger partial charge on any atom is -0.465 e. The number of aryl methyl sites for hydroxylation is 1. The van der Waals surface area contributed by atoms with E-state index in [1.807, 2.05) is 24.4 Å². The molecule has 2 N–H and O–H groups in total. The second-order valence-corrected chi connectivity index (χ2v) is 9.87. The van der Waals surface area contributed by atoms with Crippen LogP contribution >= 0.6 is 0 Å². The molecule has 8 heteroatoms. The van der Waals surface area contributed by atoms with Gasteiger partial charge in [0.25, 0.3) is 0 Å².